The third-order valence-corrected chi connectivity index (χ3v) is 4.80. The molecule has 0 saturated heterocycles. The van der Waals surface area contributed by atoms with Crippen molar-refractivity contribution in [2.24, 2.45) is 5.41 Å². The van der Waals surface area contributed by atoms with Crippen molar-refractivity contribution >= 4 is 29.3 Å². The number of hydrogen-bond acceptors (Lipinski definition) is 3. The number of aliphatic carboxylic acids is 1. The van der Waals surface area contributed by atoms with Crippen LogP contribution >= 0.6 is 11.3 Å². The fraction of sp³-hybridized carbons (Fsp3) is 0.467. The Hall–Kier alpha value is -1.62. The van der Waals surface area contributed by atoms with Gasteiger partial charge in [-0.05, 0) is 41.3 Å². The van der Waals surface area contributed by atoms with Crippen LogP contribution in [0.1, 0.15) is 48.3 Å². The summed E-state index contributed by atoms with van der Waals surface area (Å²) in [4.78, 5) is 23.5. The van der Waals surface area contributed by atoms with Crippen LogP contribution in [-0.4, -0.2) is 23.0 Å². The van der Waals surface area contributed by atoms with E-state index >= 15 is 0 Å². The molecule has 0 bridgehead atoms. The molecule has 2 rings (SSSR count). The quantitative estimate of drug-likeness (QED) is 0.838. The van der Waals surface area contributed by atoms with Gasteiger partial charge in [-0.2, -0.15) is 0 Å². The molecule has 0 spiro atoms. The Morgan fingerprint density at radius 3 is 2.85 bits per heavy atom. The van der Waals surface area contributed by atoms with Crippen LogP contribution in [0.4, 0.5) is 0 Å². The monoisotopic (exact) mass is 293 g/mol. The number of hydrogen-bond donors (Lipinski definition) is 2. The van der Waals surface area contributed by atoms with E-state index in [1.54, 1.807) is 11.4 Å². The minimum absolute atomic E-state index is 0.106. The molecule has 108 valence electrons. The highest BCUT2D eigenvalue weighted by Crippen LogP contribution is 2.37. The zero-order valence-corrected chi connectivity index (χ0v) is 12.5. The zero-order chi connectivity index (χ0) is 14.8. The summed E-state index contributed by atoms with van der Waals surface area (Å²) in [6, 6.07) is 1.95. The molecule has 1 aromatic heterocycles. The summed E-state index contributed by atoms with van der Waals surface area (Å²) >= 11 is 1.34. The fourth-order valence-electron chi connectivity index (χ4n) is 2.61. The average Bonchev–Trinajstić information content (AvgIpc) is 2.94. The van der Waals surface area contributed by atoms with Crippen LogP contribution in [0.5, 0.6) is 0 Å². The molecule has 1 heterocycles. The van der Waals surface area contributed by atoms with Crippen LogP contribution in [-0.2, 0) is 4.79 Å². The van der Waals surface area contributed by atoms with E-state index in [1.807, 2.05) is 0 Å². The highest BCUT2D eigenvalue weighted by atomic mass is 32.1. The molecule has 1 atom stereocenters. The molecule has 1 amide bonds. The number of rotatable bonds is 4. The van der Waals surface area contributed by atoms with Gasteiger partial charge in [-0.1, -0.05) is 20.3 Å². The van der Waals surface area contributed by atoms with Crippen molar-refractivity contribution in [2.75, 3.05) is 0 Å². The lowest BCUT2D eigenvalue weighted by Crippen LogP contribution is -2.41. The van der Waals surface area contributed by atoms with Gasteiger partial charge in [-0.3, -0.25) is 4.79 Å². The third kappa shape index (κ3) is 3.28. The van der Waals surface area contributed by atoms with Gasteiger partial charge in [0, 0.05) is 12.1 Å². The van der Waals surface area contributed by atoms with E-state index < -0.39 is 5.97 Å². The van der Waals surface area contributed by atoms with Crippen molar-refractivity contribution in [3.8, 4) is 0 Å². The van der Waals surface area contributed by atoms with E-state index in [2.05, 4.69) is 19.2 Å². The molecule has 4 nitrogen and oxygen atoms in total. The molecule has 2 N–H and O–H groups in total. The molecule has 1 unspecified atom stereocenters. The van der Waals surface area contributed by atoms with Gasteiger partial charge in [0.1, 0.15) is 0 Å². The number of amides is 1. The first kappa shape index (κ1) is 14.8. The molecule has 5 heteroatoms. The normalized spacial score (nSPS) is 21.2. The van der Waals surface area contributed by atoms with Crippen molar-refractivity contribution in [2.45, 2.75) is 39.2 Å². The van der Waals surface area contributed by atoms with Crippen molar-refractivity contribution < 1.29 is 14.7 Å². The lowest BCUT2D eigenvalue weighted by Gasteiger charge is -2.27. The van der Waals surface area contributed by atoms with Gasteiger partial charge in [0.2, 0.25) is 0 Å². The second-order valence-electron chi connectivity index (χ2n) is 5.78. The van der Waals surface area contributed by atoms with E-state index in [0.29, 0.717) is 10.4 Å². The standard InChI is InChI=1S/C15H19NO3S/c1-15(2)8-3-4-11(15)16-14(19)13-10(7-9-20-13)5-6-12(17)18/h5-7,9,11H,3-4,8H2,1-2H3,(H,16,19)(H,17,18). The summed E-state index contributed by atoms with van der Waals surface area (Å²) in [7, 11) is 0. The van der Waals surface area contributed by atoms with E-state index in [9.17, 15) is 9.59 Å². The van der Waals surface area contributed by atoms with E-state index in [-0.39, 0.29) is 17.4 Å². The predicted molar refractivity (Wildman–Crippen MR) is 79.9 cm³/mol. The lowest BCUT2D eigenvalue weighted by atomic mass is 9.87. The summed E-state index contributed by atoms with van der Waals surface area (Å²) in [5, 5.41) is 13.5. The summed E-state index contributed by atoms with van der Waals surface area (Å²) in [5.74, 6) is -1.12. The van der Waals surface area contributed by atoms with Crippen LogP contribution in [0, 0.1) is 5.41 Å². The molecule has 20 heavy (non-hydrogen) atoms. The maximum atomic E-state index is 12.3. The molecule has 1 aliphatic rings. The second-order valence-corrected chi connectivity index (χ2v) is 6.70. The van der Waals surface area contributed by atoms with Crippen LogP contribution in [0.2, 0.25) is 0 Å². The Labute approximate surface area is 122 Å². The molecule has 0 aromatic carbocycles. The van der Waals surface area contributed by atoms with Gasteiger partial charge in [-0.25, -0.2) is 4.79 Å². The highest BCUT2D eigenvalue weighted by Gasteiger charge is 2.35. The van der Waals surface area contributed by atoms with Crippen molar-refractivity contribution in [3.63, 3.8) is 0 Å². The Morgan fingerprint density at radius 2 is 2.25 bits per heavy atom. The molecule has 1 saturated carbocycles. The second kappa shape index (κ2) is 5.79. The maximum Gasteiger partial charge on any atom is 0.328 e. The summed E-state index contributed by atoms with van der Waals surface area (Å²) in [6.07, 6.45) is 5.78. The van der Waals surface area contributed by atoms with Gasteiger partial charge in [0.15, 0.2) is 0 Å². The van der Waals surface area contributed by atoms with Crippen LogP contribution in [0.25, 0.3) is 6.08 Å². The highest BCUT2D eigenvalue weighted by molar-refractivity contribution is 7.12. The van der Waals surface area contributed by atoms with E-state index in [1.165, 1.54) is 17.4 Å². The van der Waals surface area contributed by atoms with Crippen LogP contribution in [0.3, 0.4) is 0 Å². The van der Waals surface area contributed by atoms with Gasteiger partial charge >= 0.3 is 5.97 Å². The maximum absolute atomic E-state index is 12.3. The first-order valence-corrected chi connectivity index (χ1v) is 7.57. The SMILES string of the molecule is CC1(C)CCCC1NC(=O)c1sccc1C=CC(=O)O. The van der Waals surface area contributed by atoms with E-state index in [0.717, 1.165) is 25.3 Å². The minimum Gasteiger partial charge on any atom is -0.478 e. The topological polar surface area (TPSA) is 66.4 Å². The lowest BCUT2D eigenvalue weighted by molar-refractivity contribution is -0.131. The number of carbonyl (C=O) groups excluding carboxylic acids is 1. The van der Waals surface area contributed by atoms with Gasteiger partial charge in [-0.15, -0.1) is 11.3 Å². The first-order valence-electron chi connectivity index (χ1n) is 6.69. The van der Waals surface area contributed by atoms with Crippen LogP contribution in [0.15, 0.2) is 17.5 Å². The number of carboxylic acids is 1. The zero-order valence-electron chi connectivity index (χ0n) is 11.7. The molecular weight excluding hydrogens is 274 g/mol. The average molecular weight is 293 g/mol. The number of carboxylic acid groups (broad SMARTS) is 1. The largest absolute Gasteiger partial charge is 0.478 e. The van der Waals surface area contributed by atoms with Gasteiger partial charge in [0.05, 0.1) is 4.88 Å². The Bertz CT molecular complexity index is 545. The third-order valence-electron chi connectivity index (χ3n) is 3.87. The van der Waals surface area contributed by atoms with Crippen molar-refractivity contribution in [1.82, 2.24) is 5.32 Å². The molecule has 1 aliphatic carbocycles. The fourth-order valence-corrected chi connectivity index (χ4v) is 3.40. The molecule has 1 fully saturated rings. The molecule has 0 radical (unpaired) electrons. The molecular formula is C15H19NO3S. The Kier molecular flexibility index (Phi) is 4.28. The summed E-state index contributed by atoms with van der Waals surface area (Å²) < 4.78 is 0. The van der Waals surface area contributed by atoms with Crippen molar-refractivity contribution in [3.05, 3.63) is 28.0 Å². The smallest absolute Gasteiger partial charge is 0.328 e. The number of nitrogens with one attached hydrogen (secondary N) is 1. The Morgan fingerprint density at radius 1 is 1.50 bits per heavy atom. The van der Waals surface area contributed by atoms with Crippen LogP contribution < -0.4 is 5.32 Å². The number of thiophene rings is 1. The minimum atomic E-state index is -1.01. The predicted octanol–water partition coefficient (Wildman–Crippen LogP) is 3.15. The van der Waals surface area contributed by atoms with Gasteiger partial charge in [0.25, 0.3) is 5.91 Å². The van der Waals surface area contributed by atoms with E-state index in [4.69, 9.17) is 5.11 Å². The first-order chi connectivity index (χ1) is 9.40. The Balaban J connectivity index is 2.10. The van der Waals surface area contributed by atoms with Crippen molar-refractivity contribution in [1.29, 1.82) is 0 Å². The summed E-state index contributed by atoms with van der Waals surface area (Å²) in [5.41, 5.74) is 0.787. The van der Waals surface area contributed by atoms with Gasteiger partial charge < -0.3 is 10.4 Å². The molecule has 1 aromatic rings. The number of carbonyl (C=O) groups is 2. The summed E-state index contributed by atoms with van der Waals surface area (Å²) in [6.45, 7) is 4.34. The molecule has 0 aliphatic heterocycles.